The van der Waals surface area contributed by atoms with Crippen LogP contribution in [0, 0.1) is 12.8 Å². The molecule has 1 heterocycles. The lowest BCUT2D eigenvalue weighted by molar-refractivity contribution is -0.145. The molecule has 1 amide bonds. The lowest BCUT2D eigenvalue weighted by Crippen LogP contribution is -2.56. The van der Waals surface area contributed by atoms with Crippen LogP contribution >= 0.6 is 0 Å². The quantitative estimate of drug-likeness (QED) is 0.818. The monoisotopic (exact) mass is 315 g/mol. The summed E-state index contributed by atoms with van der Waals surface area (Å²) in [5.74, 6) is -0.683. The predicted octanol–water partition coefficient (Wildman–Crippen LogP) is 2.90. The van der Waals surface area contributed by atoms with Gasteiger partial charge in [-0.25, -0.2) is 12.7 Å². The molecule has 0 aliphatic carbocycles. The summed E-state index contributed by atoms with van der Waals surface area (Å²) in [5, 5.41) is 0. The molecule has 2 atom stereocenters. The largest absolute Gasteiger partial charge is 0.273 e. The molecule has 0 aromatic heterocycles. The molecule has 0 bridgehead atoms. The summed E-state index contributed by atoms with van der Waals surface area (Å²) in [4.78, 5) is 12.3. The summed E-state index contributed by atoms with van der Waals surface area (Å²) in [6, 6.07) is 15.4. The summed E-state index contributed by atoms with van der Waals surface area (Å²) in [7, 11) is -3.81. The highest BCUT2D eigenvalue weighted by Crippen LogP contribution is 2.43. The Hall–Kier alpha value is -2.14. The maximum atomic E-state index is 12.8. The molecule has 1 saturated heterocycles. The van der Waals surface area contributed by atoms with Crippen molar-refractivity contribution in [2.24, 2.45) is 5.92 Å². The van der Waals surface area contributed by atoms with Crippen LogP contribution in [0.5, 0.6) is 0 Å². The number of hydrogen-bond donors (Lipinski definition) is 0. The van der Waals surface area contributed by atoms with E-state index in [2.05, 4.69) is 0 Å². The van der Waals surface area contributed by atoms with Gasteiger partial charge in [0.25, 0.3) is 10.0 Å². The summed E-state index contributed by atoms with van der Waals surface area (Å²) >= 11 is 0. The number of sulfonamides is 1. The van der Waals surface area contributed by atoms with Crippen LogP contribution in [-0.4, -0.2) is 18.6 Å². The molecule has 0 unspecified atom stereocenters. The van der Waals surface area contributed by atoms with E-state index in [9.17, 15) is 13.2 Å². The van der Waals surface area contributed by atoms with Gasteiger partial charge < -0.3 is 0 Å². The second-order valence-corrected chi connectivity index (χ2v) is 7.41. The smallest absolute Gasteiger partial charge is 0.267 e. The van der Waals surface area contributed by atoms with E-state index in [1.54, 1.807) is 31.2 Å². The van der Waals surface area contributed by atoms with E-state index < -0.39 is 16.1 Å². The van der Waals surface area contributed by atoms with E-state index in [0.29, 0.717) is 0 Å². The number of benzene rings is 2. The molecule has 0 radical (unpaired) electrons. The van der Waals surface area contributed by atoms with Gasteiger partial charge in [0, 0.05) is 0 Å². The number of carbonyl (C=O) groups excluding carboxylic acids is 1. The SMILES string of the molecule is Cc1ccc(S(=O)(=O)N2C(=O)[C@H](C)[C@@H]2c2ccccc2)cc1. The first-order valence-corrected chi connectivity index (χ1v) is 8.57. The number of nitrogens with zero attached hydrogens (tertiary/aromatic N) is 1. The molecular formula is C17H17NO3S. The lowest BCUT2D eigenvalue weighted by atomic mass is 9.87. The summed E-state index contributed by atoms with van der Waals surface area (Å²) in [6.45, 7) is 3.65. The third-order valence-electron chi connectivity index (χ3n) is 4.05. The zero-order valence-corrected chi connectivity index (χ0v) is 13.2. The first-order chi connectivity index (χ1) is 10.4. The summed E-state index contributed by atoms with van der Waals surface area (Å²) in [6.07, 6.45) is 0. The average molecular weight is 315 g/mol. The molecule has 0 N–H and O–H groups in total. The minimum Gasteiger partial charge on any atom is -0.273 e. The van der Waals surface area contributed by atoms with Crippen molar-refractivity contribution in [1.82, 2.24) is 4.31 Å². The van der Waals surface area contributed by atoms with Crippen LogP contribution in [0.3, 0.4) is 0 Å². The fraction of sp³-hybridized carbons (Fsp3) is 0.235. The minimum atomic E-state index is -3.81. The van der Waals surface area contributed by atoms with Crippen LogP contribution in [0.4, 0.5) is 0 Å². The van der Waals surface area contributed by atoms with Gasteiger partial charge >= 0.3 is 0 Å². The molecule has 1 aliphatic heterocycles. The maximum Gasteiger partial charge on any atom is 0.267 e. The molecule has 2 aromatic rings. The van der Waals surface area contributed by atoms with Gasteiger partial charge in [0.15, 0.2) is 0 Å². The van der Waals surface area contributed by atoms with Crippen molar-refractivity contribution < 1.29 is 13.2 Å². The standard InChI is InChI=1S/C17H17NO3S/c1-12-8-10-15(11-9-12)22(20,21)18-16(13(2)17(18)19)14-6-4-3-5-7-14/h3-11,13,16H,1-2H3/t13-,16-/m1/s1. The Morgan fingerprint density at radius 1 is 0.955 bits per heavy atom. The van der Waals surface area contributed by atoms with E-state index in [-0.39, 0.29) is 16.7 Å². The van der Waals surface area contributed by atoms with Crippen LogP contribution in [0.15, 0.2) is 59.5 Å². The van der Waals surface area contributed by atoms with E-state index in [4.69, 9.17) is 0 Å². The second-order valence-electron chi connectivity index (χ2n) is 5.60. The van der Waals surface area contributed by atoms with Gasteiger partial charge in [-0.15, -0.1) is 0 Å². The minimum absolute atomic E-state index is 0.152. The van der Waals surface area contributed by atoms with Crippen molar-refractivity contribution in [1.29, 1.82) is 0 Å². The van der Waals surface area contributed by atoms with Gasteiger partial charge in [-0.3, -0.25) is 4.79 Å². The van der Waals surface area contributed by atoms with Crippen LogP contribution in [0.25, 0.3) is 0 Å². The molecule has 0 saturated carbocycles. The summed E-state index contributed by atoms with van der Waals surface area (Å²) < 4.78 is 26.6. The maximum absolute atomic E-state index is 12.8. The van der Waals surface area contributed by atoms with E-state index in [1.165, 1.54) is 0 Å². The second kappa shape index (κ2) is 5.25. The Bertz CT molecular complexity index is 798. The molecule has 1 fully saturated rings. The summed E-state index contributed by atoms with van der Waals surface area (Å²) in [5.41, 5.74) is 1.81. The van der Waals surface area contributed by atoms with Crippen molar-refractivity contribution in [3.05, 3.63) is 65.7 Å². The number of rotatable bonds is 3. The highest BCUT2D eigenvalue weighted by molar-refractivity contribution is 7.89. The predicted molar refractivity (Wildman–Crippen MR) is 83.6 cm³/mol. The van der Waals surface area contributed by atoms with E-state index in [1.807, 2.05) is 37.3 Å². The first-order valence-electron chi connectivity index (χ1n) is 7.13. The lowest BCUT2D eigenvalue weighted by Gasteiger charge is -2.44. The first kappa shape index (κ1) is 14.8. The van der Waals surface area contributed by atoms with Crippen molar-refractivity contribution in [2.45, 2.75) is 24.8 Å². The topological polar surface area (TPSA) is 54.5 Å². The zero-order valence-electron chi connectivity index (χ0n) is 12.4. The van der Waals surface area contributed by atoms with Gasteiger partial charge in [0.2, 0.25) is 5.91 Å². The van der Waals surface area contributed by atoms with Gasteiger partial charge in [0.05, 0.1) is 16.9 Å². The Morgan fingerprint density at radius 2 is 1.55 bits per heavy atom. The molecule has 114 valence electrons. The van der Waals surface area contributed by atoms with Gasteiger partial charge in [-0.2, -0.15) is 0 Å². The van der Waals surface area contributed by atoms with Crippen LogP contribution in [0.2, 0.25) is 0 Å². The van der Waals surface area contributed by atoms with E-state index >= 15 is 0 Å². The molecular weight excluding hydrogens is 298 g/mol. The molecule has 5 heteroatoms. The molecule has 0 spiro atoms. The van der Waals surface area contributed by atoms with Crippen LogP contribution in [-0.2, 0) is 14.8 Å². The molecule has 1 aliphatic rings. The Labute approximate surface area is 130 Å². The Kier molecular flexibility index (Phi) is 3.53. The van der Waals surface area contributed by atoms with Crippen molar-refractivity contribution >= 4 is 15.9 Å². The third kappa shape index (κ3) is 2.22. The van der Waals surface area contributed by atoms with Gasteiger partial charge in [-0.05, 0) is 24.6 Å². The third-order valence-corrected chi connectivity index (χ3v) is 5.84. The molecule has 3 rings (SSSR count). The fourth-order valence-electron chi connectivity index (χ4n) is 2.76. The average Bonchev–Trinajstić information content (AvgIpc) is 2.52. The Morgan fingerprint density at radius 3 is 2.14 bits per heavy atom. The van der Waals surface area contributed by atoms with Crippen molar-refractivity contribution in [3.63, 3.8) is 0 Å². The number of amides is 1. The molecule has 2 aromatic carbocycles. The Balaban J connectivity index is 2.02. The number of carbonyl (C=O) groups is 1. The number of aryl methyl sites for hydroxylation is 1. The van der Waals surface area contributed by atoms with Gasteiger partial charge in [-0.1, -0.05) is 55.0 Å². The van der Waals surface area contributed by atoms with Crippen molar-refractivity contribution in [3.8, 4) is 0 Å². The van der Waals surface area contributed by atoms with E-state index in [0.717, 1.165) is 15.4 Å². The molecule has 22 heavy (non-hydrogen) atoms. The number of β-lactam (4-membered cyclic amide) rings is 1. The van der Waals surface area contributed by atoms with Crippen LogP contribution in [0.1, 0.15) is 24.1 Å². The fourth-order valence-corrected chi connectivity index (χ4v) is 4.47. The van der Waals surface area contributed by atoms with Gasteiger partial charge in [0.1, 0.15) is 0 Å². The zero-order chi connectivity index (χ0) is 15.9. The highest BCUT2D eigenvalue weighted by Gasteiger charge is 2.51. The van der Waals surface area contributed by atoms with Crippen LogP contribution < -0.4 is 0 Å². The number of hydrogen-bond acceptors (Lipinski definition) is 3. The van der Waals surface area contributed by atoms with Crippen molar-refractivity contribution in [2.75, 3.05) is 0 Å². The highest BCUT2D eigenvalue weighted by atomic mass is 32.2. The molecule has 4 nitrogen and oxygen atoms in total. The normalized spacial score (nSPS) is 21.5.